The summed E-state index contributed by atoms with van der Waals surface area (Å²) in [6.45, 7) is 0. The minimum atomic E-state index is 0. The van der Waals surface area contributed by atoms with Crippen LogP contribution in [0.25, 0.3) is 10.8 Å². The molecule has 0 bridgehead atoms. The first-order valence-electron chi connectivity index (χ1n) is 3.61. The van der Waals surface area contributed by atoms with Crippen LogP contribution in [-0.4, -0.2) is 16.3 Å². The van der Waals surface area contributed by atoms with E-state index in [0.717, 1.165) is 0 Å². The molecule has 0 saturated heterocycles. The standard InChI is InChI=1S/C10H7.Al.2H/c1-2-6-10-8-4-3-7-9(10)5-1;;;/h1-7H;;;/q;+2;2*-1. The van der Waals surface area contributed by atoms with E-state index in [1.165, 1.54) is 15.2 Å². The fraction of sp³-hybridized carbons (Fsp3) is 0. The third-order valence-electron chi connectivity index (χ3n) is 1.82. The van der Waals surface area contributed by atoms with E-state index in [9.17, 15) is 0 Å². The van der Waals surface area contributed by atoms with Gasteiger partial charge >= 0.3 is 74.0 Å². The molecule has 0 radical (unpaired) electrons. The fourth-order valence-electron chi connectivity index (χ4n) is 1.25. The second-order valence-corrected chi connectivity index (χ2v) is 3.19. The summed E-state index contributed by atoms with van der Waals surface area (Å²) in [6.07, 6.45) is 0. The van der Waals surface area contributed by atoms with Crippen molar-refractivity contribution in [3.05, 3.63) is 42.5 Å². The predicted molar refractivity (Wildman–Crippen MR) is 51.6 cm³/mol. The Bertz CT molecular complexity index is 382. The van der Waals surface area contributed by atoms with Crippen LogP contribution >= 0.6 is 0 Å². The Morgan fingerprint density at radius 1 is 0.909 bits per heavy atom. The van der Waals surface area contributed by atoms with Crippen molar-refractivity contribution in [3.8, 4) is 0 Å². The Morgan fingerprint density at radius 3 is 2.45 bits per heavy atom. The average Bonchev–Trinajstić information content (AvgIpc) is 2.06. The number of rotatable bonds is 0. The van der Waals surface area contributed by atoms with Crippen LogP contribution in [-0.2, 0) is 0 Å². The zero-order valence-electron chi connectivity index (χ0n) is 8.12. The van der Waals surface area contributed by atoms with Crippen molar-refractivity contribution >= 4 is 31.5 Å². The van der Waals surface area contributed by atoms with E-state index in [-0.39, 0.29) is 2.85 Å². The Hall–Kier alpha value is -0.768. The normalized spacial score (nSPS) is 10.4. The maximum Gasteiger partial charge on any atom is -1.00 e. The number of hydrogen-bond donors (Lipinski definition) is 0. The van der Waals surface area contributed by atoms with E-state index in [4.69, 9.17) is 0 Å². The van der Waals surface area contributed by atoms with E-state index >= 15 is 0 Å². The van der Waals surface area contributed by atoms with Crippen molar-refractivity contribution in [3.63, 3.8) is 0 Å². The molecule has 0 amide bonds. The van der Waals surface area contributed by atoms with E-state index in [1.807, 2.05) is 0 Å². The van der Waals surface area contributed by atoms with Crippen molar-refractivity contribution in [2.45, 2.75) is 0 Å². The third-order valence-corrected chi connectivity index (χ3v) is 2.33. The van der Waals surface area contributed by atoms with Gasteiger partial charge in [-0.2, -0.15) is 0 Å². The van der Waals surface area contributed by atoms with Crippen LogP contribution in [0.3, 0.4) is 0 Å². The summed E-state index contributed by atoms with van der Waals surface area (Å²) < 4.78 is 1.27. The SMILES string of the molecule is [Al+2][c]1cccc2ccccc12.[H-].[H-]. The molecule has 0 saturated carbocycles. The molecule has 0 unspecified atom stereocenters. The summed E-state index contributed by atoms with van der Waals surface area (Å²) in [7, 11) is 0. The van der Waals surface area contributed by atoms with Gasteiger partial charge in [-0.25, -0.2) is 0 Å². The van der Waals surface area contributed by atoms with Crippen LogP contribution in [0.2, 0.25) is 0 Å². The maximum absolute atomic E-state index is 2.74. The largest absolute Gasteiger partial charge is 1.00 e. The summed E-state index contributed by atoms with van der Waals surface area (Å²) in [4.78, 5) is 0. The summed E-state index contributed by atoms with van der Waals surface area (Å²) in [5.74, 6) is 0. The molecule has 0 nitrogen and oxygen atoms in total. The first-order valence-corrected chi connectivity index (χ1v) is 4.19. The van der Waals surface area contributed by atoms with Gasteiger partial charge in [-0.05, 0) is 0 Å². The van der Waals surface area contributed by atoms with Gasteiger partial charge in [0.25, 0.3) is 0 Å². The predicted octanol–water partition coefficient (Wildman–Crippen LogP) is 1.86. The topological polar surface area (TPSA) is 0 Å². The second-order valence-electron chi connectivity index (χ2n) is 2.57. The van der Waals surface area contributed by atoms with Crippen molar-refractivity contribution in [1.29, 1.82) is 0 Å². The molecular formula is C10H9Al. The van der Waals surface area contributed by atoms with E-state index in [1.54, 1.807) is 0 Å². The Balaban J connectivity index is 0.000000720. The van der Waals surface area contributed by atoms with Gasteiger partial charge in [0.2, 0.25) is 0 Å². The molecule has 0 N–H and O–H groups in total. The first-order chi connectivity index (χ1) is 5.38. The van der Waals surface area contributed by atoms with Crippen LogP contribution in [0.15, 0.2) is 42.5 Å². The van der Waals surface area contributed by atoms with Crippen LogP contribution in [0.4, 0.5) is 0 Å². The molecule has 0 fully saturated rings. The molecule has 0 heterocycles. The van der Waals surface area contributed by atoms with Crippen LogP contribution in [0.5, 0.6) is 0 Å². The van der Waals surface area contributed by atoms with E-state index < -0.39 is 0 Å². The third kappa shape index (κ3) is 1.18. The number of fused-ring (bicyclic) bond motifs is 1. The van der Waals surface area contributed by atoms with Gasteiger partial charge < -0.3 is 2.85 Å². The van der Waals surface area contributed by atoms with Gasteiger partial charge in [-0.15, -0.1) is 0 Å². The summed E-state index contributed by atoms with van der Waals surface area (Å²) in [5, 5.41) is 2.63. The molecular weight excluding hydrogens is 147 g/mol. The number of benzene rings is 2. The zero-order chi connectivity index (χ0) is 7.68. The van der Waals surface area contributed by atoms with Gasteiger partial charge in [-0.3, -0.25) is 0 Å². The molecule has 0 spiro atoms. The molecule has 0 aliphatic heterocycles. The maximum atomic E-state index is 2.74. The average molecular weight is 156 g/mol. The van der Waals surface area contributed by atoms with E-state index in [0.29, 0.717) is 0 Å². The smallest absolute Gasteiger partial charge is 1.00 e. The quantitative estimate of drug-likeness (QED) is 0.511. The molecule has 0 aliphatic carbocycles. The summed E-state index contributed by atoms with van der Waals surface area (Å²) in [5.41, 5.74) is 0. The fourth-order valence-corrected chi connectivity index (χ4v) is 1.62. The second kappa shape index (κ2) is 2.70. The molecule has 0 aliphatic rings. The molecule has 0 atom stereocenters. The van der Waals surface area contributed by atoms with Crippen molar-refractivity contribution in [2.24, 2.45) is 0 Å². The molecule has 52 valence electrons. The van der Waals surface area contributed by atoms with Gasteiger partial charge in [0.15, 0.2) is 0 Å². The van der Waals surface area contributed by atoms with E-state index in [2.05, 4.69) is 58.8 Å². The van der Waals surface area contributed by atoms with Crippen molar-refractivity contribution < 1.29 is 2.85 Å². The molecule has 1 heteroatoms. The van der Waals surface area contributed by atoms with Gasteiger partial charge in [0.05, 0.1) is 0 Å². The van der Waals surface area contributed by atoms with Crippen molar-refractivity contribution in [2.75, 3.05) is 0 Å². The molecule has 0 aromatic heterocycles. The van der Waals surface area contributed by atoms with Crippen molar-refractivity contribution in [1.82, 2.24) is 0 Å². The number of hydrogen-bond acceptors (Lipinski definition) is 0. The summed E-state index contributed by atoms with van der Waals surface area (Å²) in [6, 6.07) is 14.7. The monoisotopic (exact) mass is 156 g/mol. The van der Waals surface area contributed by atoms with Crippen LogP contribution in [0, 0.1) is 0 Å². The molecule has 11 heavy (non-hydrogen) atoms. The van der Waals surface area contributed by atoms with Gasteiger partial charge in [-0.1, -0.05) is 0 Å². The Kier molecular flexibility index (Phi) is 1.69. The summed E-state index contributed by atoms with van der Waals surface area (Å²) >= 11 is 2.74. The van der Waals surface area contributed by atoms with Crippen LogP contribution < -0.4 is 4.43 Å². The zero-order valence-corrected chi connectivity index (χ0v) is 7.27. The Labute approximate surface area is 77.2 Å². The molecule has 2 rings (SSSR count). The minimum absolute atomic E-state index is 0. The minimum Gasteiger partial charge on any atom is -1.00 e. The van der Waals surface area contributed by atoms with Gasteiger partial charge in [0, 0.05) is 0 Å². The molecule has 2 aromatic rings. The Morgan fingerprint density at radius 2 is 1.64 bits per heavy atom. The van der Waals surface area contributed by atoms with Gasteiger partial charge in [0.1, 0.15) is 0 Å². The first kappa shape index (κ1) is 6.91. The van der Waals surface area contributed by atoms with Crippen LogP contribution in [0.1, 0.15) is 2.85 Å². The molecule has 2 aromatic carbocycles.